The zero-order valence-electron chi connectivity index (χ0n) is 17.6. The van der Waals surface area contributed by atoms with Crippen LogP contribution in [0, 0.1) is 0 Å². The number of pyridine rings is 1. The summed E-state index contributed by atoms with van der Waals surface area (Å²) in [5, 5.41) is 0.867. The first-order valence-corrected chi connectivity index (χ1v) is 12.0. The summed E-state index contributed by atoms with van der Waals surface area (Å²) in [6.45, 7) is 4.81. The van der Waals surface area contributed by atoms with Crippen molar-refractivity contribution in [3.05, 3.63) is 60.4 Å². The van der Waals surface area contributed by atoms with E-state index in [1.54, 1.807) is 24.5 Å². The fourth-order valence-corrected chi connectivity index (χ4v) is 5.57. The Morgan fingerprint density at radius 2 is 1.81 bits per heavy atom. The van der Waals surface area contributed by atoms with E-state index in [-0.39, 0.29) is 4.90 Å². The van der Waals surface area contributed by atoms with Gasteiger partial charge in [0.2, 0.25) is 0 Å². The molecule has 4 heterocycles. The van der Waals surface area contributed by atoms with Crippen molar-refractivity contribution in [2.24, 2.45) is 0 Å². The molecule has 7 nitrogen and oxygen atoms in total. The molecule has 2 aliphatic rings. The van der Waals surface area contributed by atoms with Gasteiger partial charge in [0, 0.05) is 55.2 Å². The molecule has 0 saturated carbocycles. The molecule has 0 unspecified atom stereocenters. The van der Waals surface area contributed by atoms with Crippen molar-refractivity contribution in [1.29, 1.82) is 0 Å². The van der Waals surface area contributed by atoms with Gasteiger partial charge in [-0.05, 0) is 55.4 Å². The fraction of sp³-hybridized carbons (Fsp3) is 0.348. The number of hydrogen-bond acceptors (Lipinski definition) is 6. The van der Waals surface area contributed by atoms with Crippen LogP contribution in [0.5, 0.6) is 0 Å². The second kappa shape index (κ2) is 8.11. The summed E-state index contributed by atoms with van der Waals surface area (Å²) in [5.41, 5.74) is 3.60. The minimum atomic E-state index is -3.77. The van der Waals surface area contributed by atoms with Crippen LogP contribution < -0.4 is 4.90 Å². The number of nitrogens with zero attached hydrogens (tertiary/aromatic N) is 4. The molecule has 0 radical (unpaired) electrons. The van der Waals surface area contributed by atoms with E-state index in [9.17, 15) is 8.42 Å². The van der Waals surface area contributed by atoms with Gasteiger partial charge in [-0.25, -0.2) is 17.4 Å². The van der Waals surface area contributed by atoms with Crippen molar-refractivity contribution in [1.82, 2.24) is 13.9 Å². The van der Waals surface area contributed by atoms with E-state index in [0.29, 0.717) is 18.9 Å². The standard InChI is InChI=1S/C23H26N4O3S/c1-25-11-8-18(9-12-25)22-17-27(23-21(22)3-2-10-24-23)31(28,29)20-6-4-19(5-7-20)26-13-15-30-16-14-26/h2-8,10,17H,9,11-16H2,1H3. The Labute approximate surface area is 182 Å². The number of fused-ring (bicyclic) bond motifs is 1. The van der Waals surface area contributed by atoms with Gasteiger partial charge in [-0.15, -0.1) is 0 Å². The zero-order chi connectivity index (χ0) is 21.4. The molecule has 5 rings (SSSR count). The summed E-state index contributed by atoms with van der Waals surface area (Å²) in [6, 6.07) is 10.9. The molecule has 0 atom stereocenters. The van der Waals surface area contributed by atoms with E-state index >= 15 is 0 Å². The minimum Gasteiger partial charge on any atom is -0.378 e. The van der Waals surface area contributed by atoms with E-state index in [1.807, 2.05) is 24.3 Å². The minimum absolute atomic E-state index is 0.260. The second-order valence-electron chi connectivity index (χ2n) is 8.05. The summed E-state index contributed by atoms with van der Waals surface area (Å²) in [5.74, 6) is 0. The molecule has 2 aliphatic heterocycles. The van der Waals surface area contributed by atoms with E-state index in [0.717, 1.165) is 49.2 Å². The predicted octanol–water partition coefficient (Wildman–Crippen LogP) is 2.83. The Kier molecular flexibility index (Phi) is 5.29. The van der Waals surface area contributed by atoms with Crippen LogP contribution in [0.25, 0.3) is 16.6 Å². The van der Waals surface area contributed by atoms with Gasteiger partial charge < -0.3 is 14.5 Å². The average molecular weight is 439 g/mol. The molecule has 1 fully saturated rings. The van der Waals surface area contributed by atoms with Crippen LogP contribution in [0.1, 0.15) is 12.0 Å². The Morgan fingerprint density at radius 3 is 2.52 bits per heavy atom. The summed E-state index contributed by atoms with van der Waals surface area (Å²) in [6.07, 6.45) is 6.45. The highest BCUT2D eigenvalue weighted by atomic mass is 32.2. The largest absolute Gasteiger partial charge is 0.378 e. The van der Waals surface area contributed by atoms with Crippen LogP contribution in [0.4, 0.5) is 5.69 Å². The molecule has 3 aromatic rings. The van der Waals surface area contributed by atoms with Crippen molar-refractivity contribution in [2.75, 3.05) is 51.3 Å². The van der Waals surface area contributed by atoms with Crippen LogP contribution >= 0.6 is 0 Å². The number of aromatic nitrogens is 2. The predicted molar refractivity (Wildman–Crippen MR) is 122 cm³/mol. The number of likely N-dealkylation sites (N-methyl/N-ethyl adjacent to an activating group) is 1. The van der Waals surface area contributed by atoms with Crippen LogP contribution in [0.3, 0.4) is 0 Å². The maximum atomic E-state index is 13.5. The fourth-order valence-electron chi connectivity index (χ4n) is 4.25. The van der Waals surface area contributed by atoms with Crippen LogP contribution in [-0.4, -0.2) is 68.7 Å². The third-order valence-corrected chi connectivity index (χ3v) is 7.72. The van der Waals surface area contributed by atoms with Crippen molar-refractivity contribution in [2.45, 2.75) is 11.3 Å². The molecular weight excluding hydrogens is 412 g/mol. The van der Waals surface area contributed by atoms with Crippen LogP contribution in [0.2, 0.25) is 0 Å². The second-order valence-corrected chi connectivity index (χ2v) is 9.87. The molecule has 8 heteroatoms. The third-order valence-electron chi connectivity index (χ3n) is 6.06. The Morgan fingerprint density at radius 1 is 1.03 bits per heavy atom. The Bertz CT molecular complexity index is 1230. The molecule has 0 amide bonds. The van der Waals surface area contributed by atoms with E-state index in [4.69, 9.17) is 4.74 Å². The van der Waals surface area contributed by atoms with Crippen molar-refractivity contribution < 1.29 is 13.2 Å². The molecule has 2 aromatic heterocycles. The first kappa shape index (κ1) is 20.2. The van der Waals surface area contributed by atoms with Gasteiger partial charge in [0.05, 0.1) is 18.1 Å². The van der Waals surface area contributed by atoms with E-state index in [2.05, 4.69) is 27.9 Å². The van der Waals surface area contributed by atoms with Gasteiger partial charge in [-0.3, -0.25) is 0 Å². The molecule has 31 heavy (non-hydrogen) atoms. The first-order valence-electron chi connectivity index (χ1n) is 10.6. The summed E-state index contributed by atoms with van der Waals surface area (Å²) in [7, 11) is -1.68. The van der Waals surface area contributed by atoms with Crippen molar-refractivity contribution in [3.63, 3.8) is 0 Å². The molecular formula is C23H26N4O3S. The average Bonchev–Trinajstić information content (AvgIpc) is 3.21. The molecule has 1 saturated heterocycles. The molecule has 0 N–H and O–H groups in total. The number of benzene rings is 1. The topological polar surface area (TPSA) is 67.7 Å². The molecule has 0 aliphatic carbocycles. The number of rotatable bonds is 4. The maximum Gasteiger partial charge on any atom is 0.269 e. The number of hydrogen-bond donors (Lipinski definition) is 0. The Balaban J connectivity index is 1.54. The number of anilines is 1. The highest BCUT2D eigenvalue weighted by Crippen LogP contribution is 2.32. The number of ether oxygens (including phenoxy) is 1. The van der Waals surface area contributed by atoms with E-state index in [1.165, 1.54) is 9.55 Å². The normalized spacial score (nSPS) is 18.4. The molecule has 0 bridgehead atoms. The highest BCUT2D eigenvalue weighted by molar-refractivity contribution is 7.90. The van der Waals surface area contributed by atoms with Crippen LogP contribution in [0.15, 0.2) is 59.8 Å². The SMILES string of the molecule is CN1CC=C(c2cn(S(=O)(=O)c3ccc(N4CCOCC4)cc3)c3ncccc23)CC1. The lowest BCUT2D eigenvalue weighted by Crippen LogP contribution is -2.36. The first-order chi connectivity index (χ1) is 15.0. The third kappa shape index (κ3) is 3.75. The lowest BCUT2D eigenvalue weighted by Gasteiger charge is -2.28. The van der Waals surface area contributed by atoms with E-state index < -0.39 is 10.0 Å². The molecule has 1 aromatic carbocycles. The Hall–Kier alpha value is -2.68. The van der Waals surface area contributed by atoms with Crippen LogP contribution in [-0.2, 0) is 14.8 Å². The van der Waals surface area contributed by atoms with Gasteiger partial charge >= 0.3 is 0 Å². The van der Waals surface area contributed by atoms with Gasteiger partial charge in [0.25, 0.3) is 10.0 Å². The smallest absolute Gasteiger partial charge is 0.269 e. The van der Waals surface area contributed by atoms with Crippen molar-refractivity contribution >= 4 is 32.3 Å². The monoisotopic (exact) mass is 438 g/mol. The van der Waals surface area contributed by atoms with Crippen molar-refractivity contribution in [3.8, 4) is 0 Å². The lowest BCUT2D eigenvalue weighted by molar-refractivity contribution is 0.122. The quantitative estimate of drug-likeness (QED) is 0.624. The lowest BCUT2D eigenvalue weighted by atomic mass is 10.00. The summed E-state index contributed by atoms with van der Waals surface area (Å²) >= 11 is 0. The molecule has 162 valence electrons. The van der Waals surface area contributed by atoms with Gasteiger partial charge in [-0.1, -0.05) is 6.08 Å². The number of morpholine rings is 1. The summed E-state index contributed by atoms with van der Waals surface area (Å²) in [4.78, 5) is 9.13. The molecule has 0 spiro atoms. The zero-order valence-corrected chi connectivity index (χ0v) is 18.4. The highest BCUT2D eigenvalue weighted by Gasteiger charge is 2.24. The summed E-state index contributed by atoms with van der Waals surface area (Å²) < 4.78 is 33.8. The maximum absolute atomic E-state index is 13.5. The van der Waals surface area contributed by atoms with Gasteiger partial charge in [-0.2, -0.15) is 0 Å². The van der Waals surface area contributed by atoms with Gasteiger partial charge in [0.15, 0.2) is 5.65 Å². The van der Waals surface area contributed by atoms with Gasteiger partial charge in [0.1, 0.15) is 0 Å².